The van der Waals surface area contributed by atoms with Crippen molar-refractivity contribution in [2.45, 2.75) is 13.5 Å². The molecule has 0 N–H and O–H groups in total. The first-order valence-electron chi connectivity index (χ1n) is 7.04. The van der Waals surface area contributed by atoms with Crippen molar-refractivity contribution in [2.24, 2.45) is 0 Å². The Morgan fingerprint density at radius 1 is 1.22 bits per heavy atom. The van der Waals surface area contributed by atoms with E-state index in [-0.39, 0.29) is 18.3 Å². The fourth-order valence-corrected chi connectivity index (χ4v) is 2.31. The molecular weight excluding hydrogens is 299 g/mol. The highest BCUT2D eigenvalue weighted by atomic mass is 19.1. The lowest BCUT2D eigenvalue weighted by Gasteiger charge is -2.08. The lowest BCUT2D eigenvalue weighted by molar-refractivity contribution is 0.405. The molecular formula is C17H15FN2O3. The molecule has 6 heteroatoms. The summed E-state index contributed by atoms with van der Waals surface area (Å²) in [5.41, 5.74) is 2.42. The Balaban J connectivity index is 1.94. The standard InChI is InChI=1S/C17H15FN2O3/c1-11-3-8-15(22-2)13(9-11)10-20-17(21)23-16(19-20)12-4-6-14(18)7-5-12/h3-9H,10H2,1-2H3. The van der Waals surface area contributed by atoms with Crippen LogP contribution >= 0.6 is 0 Å². The number of aryl methyl sites for hydroxylation is 1. The van der Waals surface area contributed by atoms with E-state index >= 15 is 0 Å². The summed E-state index contributed by atoms with van der Waals surface area (Å²) in [6.45, 7) is 2.19. The summed E-state index contributed by atoms with van der Waals surface area (Å²) in [6, 6.07) is 11.3. The zero-order valence-electron chi connectivity index (χ0n) is 12.7. The third-order valence-corrected chi connectivity index (χ3v) is 3.45. The van der Waals surface area contributed by atoms with E-state index in [4.69, 9.17) is 9.15 Å². The summed E-state index contributed by atoms with van der Waals surface area (Å²) < 4.78 is 24.6. The number of hydrogen-bond donors (Lipinski definition) is 0. The van der Waals surface area contributed by atoms with Crippen molar-refractivity contribution >= 4 is 0 Å². The molecule has 1 heterocycles. The van der Waals surface area contributed by atoms with Crippen LogP contribution in [-0.4, -0.2) is 16.9 Å². The van der Waals surface area contributed by atoms with Crippen molar-refractivity contribution in [3.63, 3.8) is 0 Å². The molecule has 3 rings (SSSR count). The topological polar surface area (TPSA) is 57.3 Å². The summed E-state index contributed by atoms with van der Waals surface area (Å²) in [5, 5.41) is 4.17. The van der Waals surface area contributed by atoms with Crippen molar-refractivity contribution in [3.8, 4) is 17.2 Å². The predicted molar refractivity (Wildman–Crippen MR) is 83.0 cm³/mol. The summed E-state index contributed by atoms with van der Waals surface area (Å²) in [7, 11) is 1.57. The Morgan fingerprint density at radius 2 is 1.96 bits per heavy atom. The Hall–Kier alpha value is -2.89. The first-order chi connectivity index (χ1) is 11.1. The van der Waals surface area contributed by atoms with Gasteiger partial charge in [0, 0.05) is 11.1 Å². The maximum Gasteiger partial charge on any atom is 0.437 e. The van der Waals surface area contributed by atoms with Gasteiger partial charge in [0.05, 0.1) is 13.7 Å². The molecule has 0 aliphatic heterocycles. The summed E-state index contributed by atoms with van der Waals surface area (Å²) in [4.78, 5) is 12.0. The molecule has 0 bridgehead atoms. The van der Waals surface area contributed by atoms with Crippen LogP contribution in [0.3, 0.4) is 0 Å². The van der Waals surface area contributed by atoms with E-state index in [1.54, 1.807) is 7.11 Å². The predicted octanol–water partition coefficient (Wildman–Crippen LogP) is 3.01. The van der Waals surface area contributed by atoms with Gasteiger partial charge in [0.2, 0.25) is 5.89 Å². The number of methoxy groups -OCH3 is 1. The summed E-state index contributed by atoms with van der Waals surface area (Å²) in [5.74, 6) is -0.108. The fourth-order valence-electron chi connectivity index (χ4n) is 2.31. The normalized spacial score (nSPS) is 10.7. The average molecular weight is 314 g/mol. The molecule has 2 aromatic carbocycles. The van der Waals surface area contributed by atoms with Crippen molar-refractivity contribution in [2.75, 3.05) is 7.11 Å². The van der Waals surface area contributed by atoms with Crippen LogP contribution in [0.5, 0.6) is 5.75 Å². The minimum absolute atomic E-state index is 0.154. The third-order valence-electron chi connectivity index (χ3n) is 3.45. The highest BCUT2D eigenvalue weighted by Crippen LogP contribution is 2.21. The smallest absolute Gasteiger partial charge is 0.437 e. The van der Waals surface area contributed by atoms with Gasteiger partial charge in [0.1, 0.15) is 11.6 Å². The lowest BCUT2D eigenvalue weighted by atomic mass is 10.1. The molecule has 23 heavy (non-hydrogen) atoms. The van der Waals surface area contributed by atoms with Gasteiger partial charge in [-0.2, -0.15) is 4.68 Å². The van der Waals surface area contributed by atoms with Crippen LogP contribution in [0.15, 0.2) is 51.7 Å². The first-order valence-corrected chi connectivity index (χ1v) is 7.04. The number of rotatable bonds is 4. The Bertz CT molecular complexity index is 882. The molecule has 0 saturated carbocycles. The van der Waals surface area contributed by atoms with E-state index in [2.05, 4.69) is 5.10 Å². The van der Waals surface area contributed by atoms with Crippen molar-refractivity contribution < 1.29 is 13.5 Å². The van der Waals surface area contributed by atoms with E-state index < -0.39 is 5.76 Å². The van der Waals surface area contributed by atoms with Crippen LogP contribution in [0, 0.1) is 12.7 Å². The van der Waals surface area contributed by atoms with E-state index in [0.717, 1.165) is 11.1 Å². The van der Waals surface area contributed by atoms with Gasteiger partial charge in [0.15, 0.2) is 0 Å². The molecule has 0 amide bonds. The second-order valence-corrected chi connectivity index (χ2v) is 5.15. The van der Waals surface area contributed by atoms with E-state index in [1.807, 2.05) is 25.1 Å². The van der Waals surface area contributed by atoms with Crippen molar-refractivity contribution in [1.82, 2.24) is 9.78 Å². The van der Waals surface area contributed by atoms with E-state index in [1.165, 1.54) is 28.9 Å². The minimum Gasteiger partial charge on any atom is -0.496 e. The second kappa shape index (κ2) is 6.08. The summed E-state index contributed by atoms with van der Waals surface area (Å²) >= 11 is 0. The van der Waals surface area contributed by atoms with Crippen LogP contribution in [-0.2, 0) is 6.54 Å². The van der Waals surface area contributed by atoms with Gasteiger partial charge in [-0.15, -0.1) is 5.10 Å². The van der Waals surface area contributed by atoms with Crippen LogP contribution in [0.2, 0.25) is 0 Å². The van der Waals surface area contributed by atoms with Gasteiger partial charge < -0.3 is 9.15 Å². The Morgan fingerprint density at radius 3 is 2.65 bits per heavy atom. The van der Waals surface area contributed by atoms with Crippen LogP contribution < -0.4 is 10.5 Å². The quantitative estimate of drug-likeness (QED) is 0.743. The van der Waals surface area contributed by atoms with Gasteiger partial charge in [-0.25, -0.2) is 9.18 Å². The van der Waals surface area contributed by atoms with Gasteiger partial charge in [-0.1, -0.05) is 17.7 Å². The molecule has 0 aliphatic rings. The SMILES string of the molecule is COc1ccc(C)cc1Cn1nc(-c2ccc(F)cc2)oc1=O. The number of ether oxygens (including phenoxy) is 1. The minimum atomic E-state index is -0.576. The fraction of sp³-hybridized carbons (Fsp3) is 0.176. The number of aromatic nitrogens is 2. The monoisotopic (exact) mass is 314 g/mol. The van der Waals surface area contributed by atoms with E-state index in [0.29, 0.717) is 11.3 Å². The number of benzene rings is 2. The molecule has 118 valence electrons. The lowest BCUT2D eigenvalue weighted by Crippen LogP contribution is -2.17. The zero-order valence-corrected chi connectivity index (χ0v) is 12.7. The van der Waals surface area contributed by atoms with Crippen molar-refractivity contribution in [1.29, 1.82) is 0 Å². The summed E-state index contributed by atoms with van der Waals surface area (Å²) in [6.07, 6.45) is 0. The zero-order chi connectivity index (χ0) is 16.4. The highest BCUT2D eigenvalue weighted by Gasteiger charge is 2.13. The number of nitrogens with zero attached hydrogens (tertiary/aromatic N) is 2. The van der Waals surface area contributed by atoms with Crippen LogP contribution in [0.1, 0.15) is 11.1 Å². The molecule has 0 radical (unpaired) electrons. The van der Waals surface area contributed by atoms with E-state index in [9.17, 15) is 9.18 Å². The Kier molecular flexibility index (Phi) is 3.97. The molecule has 0 atom stereocenters. The average Bonchev–Trinajstić information content (AvgIpc) is 2.89. The third kappa shape index (κ3) is 3.15. The van der Waals surface area contributed by atoms with Crippen molar-refractivity contribution in [3.05, 3.63) is 70.0 Å². The maximum atomic E-state index is 13.0. The maximum absolute atomic E-state index is 13.0. The molecule has 3 aromatic rings. The molecule has 0 unspecified atom stereocenters. The Labute approximate surface area is 131 Å². The largest absolute Gasteiger partial charge is 0.496 e. The number of hydrogen-bond acceptors (Lipinski definition) is 4. The van der Waals surface area contributed by atoms with Gasteiger partial charge >= 0.3 is 5.76 Å². The van der Waals surface area contributed by atoms with Gasteiger partial charge in [0.25, 0.3) is 0 Å². The highest BCUT2D eigenvalue weighted by molar-refractivity contribution is 5.51. The molecule has 0 saturated heterocycles. The van der Waals surface area contributed by atoms with Gasteiger partial charge in [-0.05, 0) is 37.3 Å². The number of halogens is 1. The second-order valence-electron chi connectivity index (χ2n) is 5.15. The molecule has 0 fully saturated rings. The first kappa shape index (κ1) is 15.0. The van der Waals surface area contributed by atoms with Crippen LogP contribution in [0.4, 0.5) is 4.39 Å². The molecule has 0 spiro atoms. The molecule has 5 nitrogen and oxygen atoms in total. The van der Waals surface area contributed by atoms with Gasteiger partial charge in [-0.3, -0.25) is 0 Å². The molecule has 1 aromatic heterocycles. The molecule has 0 aliphatic carbocycles. The van der Waals surface area contributed by atoms with Crippen LogP contribution in [0.25, 0.3) is 11.5 Å².